The van der Waals surface area contributed by atoms with Crippen molar-refractivity contribution in [1.82, 2.24) is 14.7 Å². The highest BCUT2D eigenvalue weighted by atomic mass is 32.2. The molecule has 1 heterocycles. The van der Waals surface area contributed by atoms with Crippen molar-refractivity contribution in [3.05, 3.63) is 60.6 Å². The van der Waals surface area contributed by atoms with Crippen LogP contribution in [0.5, 0.6) is 0 Å². The molecule has 2 aromatic rings. The van der Waals surface area contributed by atoms with E-state index < -0.39 is 16.4 Å². The zero-order valence-electron chi connectivity index (χ0n) is 16.0. The number of anilines is 1. The molecule has 166 valence electrons. The van der Waals surface area contributed by atoms with Crippen molar-refractivity contribution < 1.29 is 31.4 Å². The van der Waals surface area contributed by atoms with Gasteiger partial charge in [-0.25, -0.2) is 23.1 Å². The molecule has 1 aliphatic carbocycles. The lowest BCUT2D eigenvalue weighted by molar-refractivity contribution is -0.303. The Bertz CT molecular complexity index is 1070. The number of nitrogens with zero attached hydrogens (tertiary/aromatic N) is 2. The largest absolute Gasteiger partial charge is 0.573 e. The van der Waals surface area contributed by atoms with Crippen molar-refractivity contribution in [2.24, 2.45) is 0 Å². The molecule has 0 fully saturated rings. The third-order valence-corrected chi connectivity index (χ3v) is 5.64. The van der Waals surface area contributed by atoms with E-state index in [2.05, 4.69) is 24.7 Å². The topological polar surface area (TPSA) is 113 Å². The van der Waals surface area contributed by atoms with Gasteiger partial charge in [-0.2, -0.15) is 0 Å². The molecular weight excluding hydrogens is 437 g/mol. The highest BCUT2D eigenvalue weighted by molar-refractivity contribution is 7.89. The highest BCUT2D eigenvalue weighted by Gasteiger charge is 2.32. The standard InChI is InChI=1S/C19H19F3N4O4S/c20-19(21,22)30-15-5-3-14(4-6-15)26-18-11-17(23-12-24-18)13-1-7-16(8-2-13)31(28,29)25-9-10-27/h1-3,5-8,11-12,14,25,27H,4,9-10H2,(H,23,24,26). The van der Waals surface area contributed by atoms with Crippen LogP contribution in [-0.2, 0) is 14.8 Å². The zero-order valence-corrected chi connectivity index (χ0v) is 16.8. The number of rotatable bonds is 8. The van der Waals surface area contributed by atoms with Crippen molar-refractivity contribution in [3.63, 3.8) is 0 Å². The molecule has 0 spiro atoms. The zero-order chi connectivity index (χ0) is 22.5. The van der Waals surface area contributed by atoms with Crippen molar-refractivity contribution in [2.75, 3.05) is 18.5 Å². The fraction of sp³-hybridized carbons (Fsp3) is 0.263. The molecule has 3 rings (SSSR count). The lowest BCUT2D eigenvalue weighted by Crippen LogP contribution is -2.26. The summed E-state index contributed by atoms with van der Waals surface area (Å²) in [6.45, 7) is -0.393. The Hall–Kier alpha value is -2.96. The average molecular weight is 456 g/mol. The molecule has 31 heavy (non-hydrogen) atoms. The number of hydrogen-bond donors (Lipinski definition) is 3. The van der Waals surface area contributed by atoms with Crippen LogP contribution in [-0.4, -0.2) is 49.0 Å². The molecule has 1 aromatic carbocycles. The Labute approximate surface area is 176 Å². The summed E-state index contributed by atoms with van der Waals surface area (Å²) in [5, 5.41) is 11.8. The predicted octanol–water partition coefficient (Wildman–Crippen LogP) is 2.57. The Morgan fingerprint density at radius 3 is 2.55 bits per heavy atom. The Kier molecular flexibility index (Phi) is 6.93. The number of hydrogen-bond acceptors (Lipinski definition) is 7. The molecule has 8 nitrogen and oxygen atoms in total. The normalized spacial score (nSPS) is 16.6. The van der Waals surface area contributed by atoms with Crippen LogP contribution in [0.3, 0.4) is 0 Å². The van der Waals surface area contributed by atoms with Gasteiger partial charge in [-0.1, -0.05) is 18.2 Å². The Morgan fingerprint density at radius 1 is 1.19 bits per heavy atom. The van der Waals surface area contributed by atoms with Gasteiger partial charge in [0.1, 0.15) is 17.9 Å². The first-order chi connectivity index (χ1) is 14.7. The maximum absolute atomic E-state index is 12.3. The first-order valence-corrected chi connectivity index (χ1v) is 10.6. The summed E-state index contributed by atoms with van der Waals surface area (Å²) in [7, 11) is -3.71. The van der Waals surface area contributed by atoms with E-state index >= 15 is 0 Å². The molecular formula is C19H19F3N4O4S. The van der Waals surface area contributed by atoms with E-state index in [0.717, 1.165) is 0 Å². The van der Waals surface area contributed by atoms with Crippen molar-refractivity contribution in [3.8, 4) is 11.3 Å². The molecule has 0 saturated carbocycles. The lowest BCUT2D eigenvalue weighted by Gasteiger charge is -2.19. The summed E-state index contributed by atoms with van der Waals surface area (Å²) in [6, 6.07) is 7.37. The molecule has 12 heteroatoms. The number of nitrogens with one attached hydrogen (secondary N) is 2. The number of aromatic nitrogens is 2. The molecule has 1 aliphatic rings. The molecule has 1 unspecified atom stereocenters. The minimum atomic E-state index is -4.73. The molecule has 0 bridgehead atoms. The maximum atomic E-state index is 12.3. The molecule has 0 amide bonds. The van der Waals surface area contributed by atoms with E-state index in [4.69, 9.17) is 5.11 Å². The fourth-order valence-corrected chi connectivity index (χ4v) is 3.79. The Balaban J connectivity index is 1.67. The fourth-order valence-electron chi connectivity index (χ4n) is 2.77. The molecule has 0 saturated heterocycles. The van der Waals surface area contributed by atoms with Crippen LogP contribution in [0.25, 0.3) is 11.3 Å². The summed E-state index contributed by atoms with van der Waals surface area (Å²) in [5.74, 6) is 0.187. The van der Waals surface area contributed by atoms with Crippen LogP contribution >= 0.6 is 0 Å². The predicted molar refractivity (Wildman–Crippen MR) is 106 cm³/mol. The van der Waals surface area contributed by atoms with Crippen LogP contribution < -0.4 is 10.0 Å². The van der Waals surface area contributed by atoms with Gasteiger partial charge < -0.3 is 15.2 Å². The molecule has 0 radical (unpaired) electrons. The van der Waals surface area contributed by atoms with Gasteiger partial charge in [0, 0.05) is 24.2 Å². The molecule has 1 aromatic heterocycles. The van der Waals surface area contributed by atoms with Gasteiger partial charge in [-0.05, 0) is 30.7 Å². The quantitative estimate of drug-likeness (QED) is 0.560. The van der Waals surface area contributed by atoms with Gasteiger partial charge in [0.25, 0.3) is 0 Å². The number of aliphatic hydroxyl groups excluding tert-OH is 1. The van der Waals surface area contributed by atoms with Gasteiger partial charge in [0.15, 0.2) is 0 Å². The lowest BCUT2D eigenvalue weighted by atomic mass is 10.1. The molecule has 1 atom stereocenters. The SMILES string of the molecule is O=S(=O)(NCCO)c1ccc(-c2cc(NC3C=CC(OC(F)(F)F)=CC3)ncn2)cc1. The second-order valence-corrected chi connectivity index (χ2v) is 8.20. The van der Waals surface area contributed by atoms with Gasteiger partial charge in [-0.3, -0.25) is 0 Å². The van der Waals surface area contributed by atoms with Crippen LogP contribution in [0.15, 0.2) is 65.5 Å². The summed E-state index contributed by atoms with van der Waals surface area (Å²) >= 11 is 0. The van der Waals surface area contributed by atoms with E-state index in [-0.39, 0.29) is 36.3 Å². The monoisotopic (exact) mass is 456 g/mol. The minimum absolute atomic E-state index is 0.0492. The van der Waals surface area contributed by atoms with E-state index in [1.165, 1.54) is 30.6 Å². The number of ether oxygens (including phenoxy) is 1. The maximum Gasteiger partial charge on any atom is 0.573 e. The second kappa shape index (κ2) is 9.45. The third kappa shape index (κ3) is 6.51. The summed E-state index contributed by atoms with van der Waals surface area (Å²) in [4.78, 5) is 8.33. The van der Waals surface area contributed by atoms with Crippen LogP contribution in [0.4, 0.5) is 19.0 Å². The van der Waals surface area contributed by atoms with Crippen molar-refractivity contribution >= 4 is 15.8 Å². The van der Waals surface area contributed by atoms with Crippen LogP contribution in [0.1, 0.15) is 6.42 Å². The van der Waals surface area contributed by atoms with Gasteiger partial charge in [0.2, 0.25) is 10.0 Å². The number of alkyl halides is 3. The summed E-state index contributed by atoms with van der Waals surface area (Å²) < 4.78 is 67.1. The summed E-state index contributed by atoms with van der Waals surface area (Å²) in [6.07, 6.45) is 0.974. The third-order valence-electron chi connectivity index (χ3n) is 4.16. The first-order valence-electron chi connectivity index (χ1n) is 9.10. The average Bonchev–Trinajstić information content (AvgIpc) is 2.73. The first kappa shape index (κ1) is 22.7. The number of aliphatic hydroxyl groups is 1. The van der Waals surface area contributed by atoms with Gasteiger partial charge >= 0.3 is 6.36 Å². The number of allylic oxidation sites excluding steroid dienone is 1. The minimum Gasteiger partial charge on any atom is -0.406 e. The van der Waals surface area contributed by atoms with E-state index in [9.17, 15) is 21.6 Å². The number of benzene rings is 1. The molecule has 0 aliphatic heterocycles. The van der Waals surface area contributed by atoms with E-state index in [0.29, 0.717) is 17.1 Å². The second-order valence-electron chi connectivity index (χ2n) is 6.43. The van der Waals surface area contributed by atoms with Gasteiger partial charge in [-0.15, -0.1) is 13.2 Å². The smallest absolute Gasteiger partial charge is 0.406 e. The van der Waals surface area contributed by atoms with Gasteiger partial charge in [0.05, 0.1) is 17.2 Å². The van der Waals surface area contributed by atoms with E-state index in [1.54, 1.807) is 24.3 Å². The summed E-state index contributed by atoms with van der Waals surface area (Å²) in [5.41, 5.74) is 1.17. The van der Waals surface area contributed by atoms with Crippen molar-refractivity contribution in [1.29, 1.82) is 0 Å². The Morgan fingerprint density at radius 2 is 1.94 bits per heavy atom. The van der Waals surface area contributed by atoms with Crippen molar-refractivity contribution in [2.45, 2.75) is 23.7 Å². The van der Waals surface area contributed by atoms with E-state index in [1.807, 2.05) is 0 Å². The number of sulfonamides is 1. The number of halogens is 3. The molecule has 3 N–H and O–H groups in total. The highest BCUT2D eigenvalue weighted by Crippen LogP contribution is 2.25. The van der Waals surface area contributed by atoms with Crippen LogP contribution in [0, 0.1) is 0 Å². The van der Waals surface area contributed by atoms with Crippen LogP contribution in [0.2, 0.25) is 0 Å².